The molecule has 0 unspecified atom stereocenters. The SMILES string of the molecule is CCN(CC(=O)O)C1CC(NC(=O)COc2ccc(Cl)cc2C)C1. The summed E-state index contributed by atoms with van der Waals surface area (Å²) in [5.74, 6) is -0.357. The molecule has 1 aromatic rings. The Balaban J connectivity index is 1.72. The van der Waals surface area contributed by atoms with E-state index in [2.05, 4.69) is 5.32 Å². The Bertz CT molecular complexity index is 602. The van der Waals surface area contributed by atoms with Crippen molar-refractivity contribution in [2.75, 3.05) is 19.7 Å². The maximum atomic E-state index is 12.0. The van der Waals surface area contributed by atoms with Crippen molar-refractivity contribution in [1.29, 1.82) is 0 Å². The Morgan fingerprint density at radius 1 is 1.42 bits per heavy atom. The zero-order chi connectivity index (χ0) is 17.7. The van der Waals surface area contributed by atoms with Crippen LogP contribution in [-0.2, 0) is 9.59 Å². The number of likely N-dealkylation sites (N-methyl/N-ethyl adjacent to an activating group) is 1. The van der Waals surface area contributed by atoms with E-state index >= 15 is 0 Å². The summed E-state index contributed by atoms with van der Waals surface area (Å²) >= 11 is 5.88. The van der Waals surface area contributed by atoms with E-state index in [9.17, 15) is 9.59 Å². The van der Waals surface area contributed by atoms with Crippen LogP contribution in [0.25, 0.3) is 0 Å². The van der Waals surface area contributed by atoms with E-state index < -0.39 is 5.97 Å². The summed E-state index contributed by atoms with van der Waals surface area (Å²) in [7, 11) is 0. The Morgan fingerprint density at radius 2 is 2.12 bits per heavy atom. The second-order valence-electron chi connectivity index (χ2n) is 6.04. The number of carboxylic acids is 1. The second-order valence-corrected chi connectivity index (χ2v) is 6.48. The molecule has 2 rings (SSSR count). The van der Waals surface area contributed by atoms with Crippen molar-refractivity contribution in [3.63, 3.8) is 0 Å². The number of aliphatic carboxylic acids is 1. The fraction of sp³-hybridized carbons (Fsp3) is 0.529. The molecule has 0 radical (unpaired) electrons. The normalized spacial score (nSPS) is 19.7. The first kappa shape index (κ1) is 18.5. The molecule has 0 saturated heterocycles. The summed E-state index contributed by atoms with van der Waals surface area (Å²) in [5.41, 5.74) is 0.881. The van der Waals surface area contributed by atoms with Crippen LogP contribution in [0.3, 0.4) is 0 Å². The molecular weight excluding hydrogens is 332 g/mol. The lowest BCUT2D eigenvalue weighted by atomic mass is 9.85. The number of rotatable bonds is 8. The van der Waals surface area contributed by atoms with Crippen molar-refractivity contribution in [3.05, 3.63) is 28.8 Å². The van der Waals surface area contributed by atoms with Crippen molar-refractivity contribution in [2.45, 2.75) is 38.8 Å². The van der Waals surface area contributed by atoms with Crippen molar-refractivity contribution in [3.8, 4) is 5.75 Å². The molecule has 2 N–H and O–H groups in total. The fourth-order valence-corrected chi connectivity index (χ4v) is 3.09. The average molecular weight is 355 g/mol. The highest BCUT2D eigenvalue weighted by Crippen LogP contribution is 2.26. The zero-order valence-corrected chi connectivity index (χ0v) is 14.7. The maximum absolute atomic E-state index is 12.0. The number of carboxylic acid groups (broad SMARTS) is 1. The van der Waals surface area contributed by atoms with E-state index in [0.717, 1.165) is 18.4 Å². The average Bonchev–Trinajstić information content (AvgIpc) is 2.47. The predicted octanol–water partition coefficient (Wildman–Crippen LogP) is 2.08. The number of ether oxygens (including phenoxy) is 1. The standard InChI is InChI=1S/C17H23ClN2O4/c1-3-20(9-17(22)23)14-7-13(8-14)19-16(21)10-24-15-5-4-12(18)6-11(15)2/h4-6,13-14H,3,7-10H2,1-2H3,(H,19,21)(H,22,23). The Labute approximate surface area is 146 Å². The van der Waals surface area contributed by atoms with Gasteiger partial charge in [0.15, 0.2) is 6.61 Å². The van der Waals surface area contributed by atoms with E-state index in [1.165, 1.54) is 0 Å². The molecule has 1 aliphatic rings. The number of nitrogens with one attached hydrogen (secondary N) is 1. The number of hydrogen-bond acceptors (Lipinski definition) is 4. The third-order valence-electron chi connectivity index (χ3n) is 4.23. The van der Waals surface area contributed by atoms with Crippen LogP contribution in [0, 0.1) is 6.92 Å². The molecule has 6 nitrogen and oxygen atoms in total. The quantitative estimate of drug-likeness (QED) is 0.747. The number of amides is 1. The van der Waals surface area contributed by atoms with Gasteiger partial charge in [-0.1, -0.05) is 18.5 Å². The van der Waals surface area contributed by atoms with Gasteiger partial charge >= 0.3 is 5.97 Å². The van der Waals surface area contributed by atoms with Gasteiger partial charge in [-0.25, -0.2) is 0 Å². The summed E-state index contributed by atoms with van der Waals surface area (Å²) < 4.78 is 5.51. The number of aryl methyl sites for hydroxylation is 1. The van der Waals surface area contributed by atoms with Gasteiger partial charge in [0.25, 0.3) is 5.91 Å². The van der Waals surface area contributed by atoms with E-state index in [-0.39, 0.29) is 31.1 Å². The van der Waals surface area contributed by atoms with Crippen molar-refractivity contribution in [1.82, 2.24) is 10.2 Å². The minimum Gasteiger partial charge on any atom is -0.484 e. The van der Waals surface area contributed by atoms with Gasteiger partial charge in [0.05, 0.1) is 6.54 Å². The van der Waals surface area contributed by atoms with Crippen LogP contribution in [0.15, 0.2) is 18.2 Å². The number of carbonyl (C=O) groups is 2. The molecule has 24 heavy (non-hydrogen) atoms. The first-order valence-electron chi connectivity index (χ1n) is 8.03. The molecule has 0 aliphatic heterocycles. The molecule has 1 fully saturated rings. The van der Waals surface area contributed by atoms with Crippen molar-refractivity contribution < 1.29 is 19.4 Å². The molecular formula is C17H23ClN2O4. The first-order valence-corrected chi connectivity index (χ1v) is 8.41. The third kappa shape index (κ3) is 5.11. The lowest BCUT2D eigenvalue weighted by Gasteiger charge is -2.42. The van der Waals surface area contributed by atoms with Gasteiger partial charge in [0.2, 0.25) is 0 Å². The molecule has 7 heteroatoms. The predicted molar refractivity (Wildman–Crippen MR) is 91.5 cm³/mol. The number of halogens is 1. The summed E-state index contributed by atoms with van der Waals surface area (Å²) in [5, 5.41) is 12.4. The summed E-state index contributed by atoms with van der Waals surface area (Å²) in [6, 6.07) is 5.55. The van der Waals surface area contributed by atoms with E-state index in [0.29, 0.717) is 17.3 Å². The van der Waals surface area contributed by atoms with Crippen LogP contribution in [0.1, 0.15) is 25.3 Å². The van der Waals surface area contributed by atoms with Gasteiger partial charge in [-0.2, -0.15) is 0 Å². The van der Waals surface area contributed by atoms with E-state index in [4.69, 9.17) is 21.4 Å². The molecule has 0 spiro atoms. The Kier molecular flexibility index (Phi) is 6.45. The van der Waals surface area contributed by atoms with Crippen LogP contribution in [0.5, 0.6) is 5.75 Å². The molecule has 1 amide bonds. The maximum Gasteiger partial charge on any atom is 0.317 e. The van der Waals surface area contributed by atoms with E-state index in [1.54, 1.807) is 18.2 Å². The van der Waals surface area contributed by atoms with Gasteiger partial charge in [0, 0.05) is 17.1 Å². The molecule has 0 atom stereocenters. The Hall–Kier alpha value is -1.79. The number of carbonyl (C=O) groups excluding carboxylic acids is 1. The molecule has 0 aromatic heterocycles. The number of benzene rings is 1. The van der Waals surface area contributed by atoms with Gasteiger partial charge < -0.3 is 15.2 Å². The van der Waals surface area contributed by atoms with Crippen LogP contribution < -0.4 is 10.1 Å². The van der Waals surface area contributed by atoms with Crippen molar-refractivity contribution in [2.24, 2.45) is 0 Å². The highest BCUT2D eigenvalue weighted by atomic mass is 35.5. The third-order valence-corrected chi connectivity index (χ3v) is 4.47. The second kappa shape index (κ2) is 8.35. The van der Waals surface area contributed by atoms with E-state index in [1.807, 2.05) is 18.7 Å². The van der Waals surface area contributed by atoms with Crippen LogP contribution in [-0.4, -0.2) is 53.7 Å². The minimum atomic E-state index is -0.823. The van der Waals surface area contributed by atoms with Crippen LogP contribution in [0.2, 0.25) is 5.02 Å². The lowest BCUT2D eigenvalue weighted by Crippen LogP contribution is -2.55. The molecule has 1 saturated carbocycles. The molecule has 1 aliphatic carbocycles. The van der Waals surface area contributed by atoms with Gasteiger partial charge in [-0.3, -0.25) is 14.5 Å². The topological polar surface area (TPSA) is 78.9 Å². The largest absolute Gasteiger partial charge is 0.484 e. The number of hydrogen-bond donors (Lipinski definition) is 2. The fourth-order valence-electron chi connectivity index (χ4n) is 2.86. The zero-order valence-electron chi connectivity index (χ0n) is 13.9. The first-order chi connectivity index (χ1) is 11.4. The monoisotopic (exact) mass is 354 g/mol. The van der Waals surface area contributed by atoms with Crippen molar-refractivity contribution >= 4 is 23.5 Å². The molecule has 1 aromatic carbocycles. The smallest absolute Gasteiger partial charge is 0.317 e. The number of nitrogens with zero attached hydrogens (tertiary/aromatic N) is 1. The van der Waals surface area contributed by atoms with Crippen LogP contribution in [0.4, 0.5) is 0 Å². The lowest BCUT2D eigenvalue weighted by molar-refractivity contribution is -0.139. The summed E-state index contributed by atoms with van der Waals surface area (Å²) in [6.45, 7) is 4.50. The summed E-state index contributed by atoms with van der Waals surface area (Å²) in [4.78, 5) is 24.7. The highest BCUT2D eigenvalue weighted by Gasteiger charge is 2.34. The Morgan fingerprint density at radius 3 is 2.71 bits per heavy atom. The van der Waals surface area contributed by atoms with Gasteiger partial charge in [-0.15, -0.1) is 0 Å². The van der Waals surface area contributed by atoms with Gasteiger partial charge in [0.1, 0.15) is 5.75 Å². The minimum absolute atomic E-state index is 0.0424. The highest BCUT2D eigenvalue weighted by molar-refractivity contribution is 6.30. The molecule has 0 bridgehead atoms. The van der Waals surface area contributed by atoms with Gasteiger partial charge in [-0.05, 0) is 50.1 Å². The molecule has 132 valence electrons. The summed E-state index contributed by atoms with van der Waals surface area (Å²) in [6.07, 6.45) is 1.54. The van der Waals surface area contributed by atoms with Crippen LogP contribution >= 0.6 is 11.6 Å². The molecule has 0 heterocycles.